The van der Waals surface area contributed by atoms with Gasteiger partial charge in [-0.2, -0.15) is 0 Å². The molecule has 0 aromatic heterocycles. The van der Waals surface area contributed by atoms with Gasteiger partial charge in [-0.1, -0.05) is 17.7 Å². The average molecular weight is 227 g/mol. The maximum absolute atomic E-state index is 11.8. The summed E-state index contributed by atoms with van der Waals surface area (Å²) in [5, 5.41) is 2.91. The van der Waals surface area contributed by atoms with E-state index in [-0.39, 0.29) is 11.9 Å². The summed E-state index contributed by atoms with van der Waals surface area (Å²) < 4.78 is 23.6. The van der Waals surface area contributed by atoms with Gasteiger partial charge in [-0.05, 0) is 32.9 Å². The molecule has 4 heteroatoms. The molecule has 0 atom stereocenters. The van der Waals surface area contributed by atoms with Crippen LogP contribution < -0.4 is 5.32 Å². The van der Waals surface area contributed by atoms with Crippen LogP contribution in [0.25, 0.3) is 0 Å². The Hall–Kier alpha value is -0.870. The van der Waals surface area contributed by atoms with Crippen molar-refractivity contribution in [1.29, 1.82) is 0 Å². The number of nitrogens with one attached hydrogen (secondary N) is 1. The molecular weight excluding hydrogens is 210 g/mol. The zero-order valence-electron chi connectivity index (χ0n) is 9.32. The Morgan fingerprint density at radius 1 is 1.20 bits per heavy atom. The second-order valence-corrected chi connectivity index (χ2v) is 5.92. The molecule has 0 aliphatic rings. The van der Waals surface area contributed by atoms with E-state index in [1.54, 1.807) is 12.1 Å². The molecule has 1 N–H and O–H groups in total. The van der Waals surface area contributed by atoms with Crippen LogP contribution in [0.4, 0.5) is 0 Å². The largest absolute Gasteiger partial charge is 0.301 e. The van der Waals surface area contributed by atoms with Crippen LogP contribution in [0.2, 0.25) is 0 Å². The van der Waals surface area contributed by atoms with E-state index in [4.69, 9.17) is 0 Å². The van der Waals surface area contributed by atoms with Crippen LogP contribution in [-0.2, 0) is 9.84 Å². The monoisotopic (exact) mass is 227 g/mol. The van der Waals surface area contributed by atoms with Gasteiger partial charge in [0.25, 0.3) is 0 Å². The lowest BCUT2D eigenvalue weighted by Gasteiger charge is -2.09. The molecule has 0 heterocycles. The number of aryl methyl sites for hydroxylation is 1. The van der Waals surface area contributed by atoms with Gasteiger partial charge in [0, 0.05) is 6.04 Å². The quantitative estimate of drug-likeness (QED) is 0.852. The molecule has 15 heavy (non-hydrogen) atoms. The summed E-state index contributed by atoms with van der Waals surface area (Å²) in [4.78, 5) is 0.376. The topological polar surface area (TPSA) is 46.2 Å². The van der Waals surface area contributed by atoms with Crippen LogP contribution in [0.5, 0.6) is 0 Å². The van der Waals surface area contributed by atoms with E-state index in [9.17, 15) is 8.42 Å². The lowest BCUT2D eigenvalue weighted by Crippen LogP contribution is -2.29. The Labute approximate surface area is 91.4 Å². The van der Waals surface area contributed by atoms with Gasteiger partial charge >= 0.3 is 0 Å². The first-order valence-electron chi connectivity index (χ1n) is 4.94. The van der Waals surface area contributed by atoms with E-state index < -0.39 is 9.84 Å². The lowest BCUT2D eigenvalue weighted by atomic mass is 10.2. The van der Waals surface area contributed by atoms with E-state index in [0.717, 1.165) is 5.56 Å². The highest BCUT2D eigenvalue weighted by molar-refractivity contribution is 7.91. The summed E-state index contributed by atoms with van der Waals surface area (Å²) in [5.41, 5.74) is 1.06. The molecule has 1 aromatic carbocycles. The first-order chi connectivity index (χ1) is 6.92. The second-order valence-electron chi connectivity index (χ2n) is 3.93. The molecule has 0 unspecified atom stereocenters. The third-order valence-electron chi connectivity index (χ3n) is 2.06. The van der Waals surface area contributed by atoms with Crippen LogP contribution in [0, 0.1) is 6.92 Å². The molecule has 84 valence electrons. The molecule has 0 aliphatic heterocycles. The van der Waals surface area contributed by atoms with Crippen LogP contribution in [0.3, 0.4) is 0 Å². The minimum atomic E-state index is -3.18. The van der Waals surface area contributed by atoms with Gasteiger partial charge in [0.2, 0.25) is 0 Å². The number of rotatable bonds is 4. The Balaban J connectivity index is 2.82. The molecule has 0 spiro atoms. The Kier molecular flexibility index (Phi) is 3.88. The molecule has 0 amide bonds. The van der Waals surface area contributed by atoms with Crippen molar-refractivity contribution in [3.05, 3.63) is 29.8 Å². The molecule has 0 saturated carbocycles. The minimum absolute atomic E-state index is 0.00622. The highest BCUT2D eigenvalue weighted by Gasteiger charge is 2.13. The van der Waals surface area contributed by atoms with Crippen molar-refractivity contribution >= 4 is 9.84 Å². The Morgan fingerprint density at radius 3 is 2.20 bits per heavy atom. The van der Waals surface area contributed by atoms with Crippen molar-refractivity contribution in [2.75, 3.05) is 5.88 Å². The summed E-state index contributed by atoms with van der Waals surface area (Å²) in [6.45, 7) is 5.78. The standard InChI is InChI=1S/C11H17NO2S/c1-9(2)12-8-15(13,14)11-6-4-10(3)5-7-11/h4-7,9,12H,8H2,1-3H3. The fraction of sp³-hybridized carbons (Fsp3) is 0.455. The first kappa shape index (κ1) is 12.2. The van der Waals surface area contributed by atoms with Gasteiger partial charge in [0.15, 0.2) is 9.84 Å². The fourth-order valence-electron chi connectivity index (χ4n) is 1.11. The smallest absolute Gasteiger partial charge is 0.191 e. The summed E-state index contributed by atoms with van der Waals surface area (Å²) in [5.74, 6) is -0.00622. The third-order valence-corrected chi connectivity index (χ3v) is 3.60. The molecule has 1 rings (SSSR count). The molecule has 0 aliphatic carbocycles. The molecular formula is C11H17NO2S. The second kappa shape index (κ2) is 4.77. The predicted molar refractivity (Wildman–Crippen MR) is 61.5 cm³/mol. The van der Waals surface area contributed by atoms with Gasteiger partial charge in [-0.25, -0.2) is 8.42 Å². The molecule has 0 fully saturated rings. The van der Waals surface area contributed by atoms with E-state index >= 15 is 0 Å². The van der Waals surface area contributed by atoms with Crippen LogP contribution >= 0.6 is 0 Å². The predicted octanol–water partition coefficient (Wildman–Crippen LogP) is 1.72. The summed E-state index contributed by atoms with van der Waals surface area (Å²) in [6, 6.07) is 7.08. The average Bonchev–Trinajstić information content (AvgIpc) is 2.16. The Morgan fingerprint density at radius 2 is 1.73 bits per heavy atom. The summed E-state index contributed by atoms with van der Waals surface area (Å²) >= 11 is 0. The SMILES string of the molecule is Cc1ccc(S(=O)(=O)CNC(C)C)cc1. The van der Waals surface area contributed by atoms with E-state index in [2.05, 4.69) is 5.32 Å². The zero-order valence-corrected chi connectivity index (χ0v) is 10.1. The maximum Gasteiger partial charge on any atom is 0.191 e. The molecule has 3 nitrogen and oxygen atoms in total. The highest BCUT2D eigenvalue weighted by Crippen LogP contribution is 2.11. The maximum atomic E-state index is 11.8. The third kappa shape index (κ3) is 3.64. The highest BCUT2D eigenvalue weighted by atomic mass is 32.2. The van der Waals surface area contributed by atoms with Crippen LogP contribution in [0.1, 0.15) is 19.4 Å². The van der Waals surface area contributed by atoms with Gasteiger partial charge in [-0.3, -0.25) is 0 Å². The van der Waals surface area contributed by atoms with E-state index in [1.807, 2.05) is 32.9 Å². The van der Waals surface area contributed by atoms with E-state index in [1.165, 1.54) is 0 Å². The zero-order chi connectivity index (χ0) is 11.5. The molecule has 1 aromatic rings. The van der Waals surface area contributed by atoms with Gasteiger partial charge in [-0.15, -0.1) is 0 Å². The van der Waals surface area contributed by atoms with Crippen molar-refractivity contribution in [3.8, 4) is 0 Å². The lowest BCUT2D eigenvalue weighted by molar-refractivity contribution is 0.573. The van der Waals surface area contributed by atoms with Crippen molar-refractivity contribution in [1.82, 2.24) is 5.32 Å². The van der Waals surface area contributed by atoms with Gasteiger partial charge < -0.3 is 5.32 Å². The number of hydrogen-bond donors (Lipinski definition) is 1. The summed E-state index contributed by atoms with van der Waals surface area (Å²) in [6.07, 6.45) is 0. The van der Waals surface area contributed by atoms with Crippen molar-refractivity contribution in [2.24, 2.45) is 0 Å². The van der Waals surface area contributed by atoms with Crippen LogP contribution in [0.15, 0.2) is 29.2 Å². The first-order valence-corrected chi connectivity index (χ1v) is 6.60. The minimum Gasteiger partial charge on any atom is -0.301 e. The Bertz CT molecular complexity index is 407. The molecule has 0 saturated heterocycles. The van der Waals surface area contributed by atoms with Gasteiger partial charge in [0.05, 0.1) is 4.90 Å². The van der Waals surface area contributed by atoms with Crippen molar-refractivity contribution in [3.63, 3.8) is 0 Å². The van der Waals surface area contributed by atoms with Gasteiger partial charge in [0.1, 0.15) is 5.88 Å². The van der Waals surface area contributed by atoms with Crippen LogP contribution in [-0.4, -0.2) is 20.3 Å². The van der Waals surface area contributed by atoms with E-state index in [0.29, 0.717) is 4.90 Å². The number of benzene rings is 1. The molecule has 0 radical (unpaired) electrons. The molecule has 0 bridgehead atoms. The summed E-state index contributed by atoms with van der Waals surface area (Å²) in [7, 11) is -3.18. The van der Waals surface area contributed by atoms with Crippen molar-refractivity contribution < 1.29 is 8.42 Å². The van der Waals surface area contributed by atoms with Crippen molar-refractivity contribution in [2.45, 2.75) is 31.7 Å². The fourth-order valence-corrected chi connectivity index (χ4v) is 2.38. The normalized spacial score (nSPS) is 12.0. The number of sulfone groups is 1. The number of hydrogen-bond acceptors (Lipinski definition) is 3.